The van der Waals surface area contributed by atoms with Gasteiger partial charge in [0, 0.05) is 0 Å². The number of benzene rings is 1. The molecule has 2 aliphatic carbocycles. The molecule has 1 aromatic rings. The Morgan fingerprint density at radius 2 is 1.94 bits per heavy atom. The molecule has 0 amide bonds. The lowest BCUT2D eigenvalue weighted by atomic mass is 9.69. The van der Waals surface area contributed by atoms with E-state index in [9.17, 15) is 4.79 Å². The van der Waals surface area contributed by atoms with Crippen LogP contribution < -0.4 is 0 Å². The normalized spacial score (nSPS) is 20.9. The van der Waals surface area contributed by atoms with Gasteiger partial charge in [0.25, 0.3) is 0 Å². The van der Waals surface area contributed by atoms with E-state index < -0.39 is 0 Å². The number of nitrogens with zero attached hydrogens (tertiary/aromatic N) is 1. The molecule has 0 atom stereocenters. The molecule has 0 saturated heterocycles. The summed E-state index contributed by atoms with van der Waals surface area (Å²) in [6.07, 6.45) is 9.89. The van der Waals surface area contributed by atoms with Gasteiger partial charge in [0.1, 0.15) is 0 Å². The summed E-state index contributed by atoms with van der Waals surface area (Å²) in [4.78, 5) is 14.8. The van der Waals surface area contributed by atoms with Crippen molar-refractivity contribution in [3.05, 3.63) is 34.9 Å². The number of fused-ring (bicyclic) bond motifs is 1. The largest absolute Gasteiger partial charge is 0.235 e. The first-order valence-corrected chi connectivity index (χ1v) is 6.56. The minimum atomic E-state index is -0.218. The van der Waals surface area contributed by atoms with E-state index in [1.54, 1.807) is 6.08 Å². The number of isocyanates is 1. The van der Waals surface area contributed by atoms with Gasteiger partial charge in [-0.15, -0.1) is 0 Å². The van der Waals surface area contributed by atoms with Gasteiger partial charge in [-0.3, -0.25) is 0 Å². The van der Waals surface area contributed by atoms with Crippen molar-refractivity contribution < 1.29 is 4.79 Å². The summed E-state index contributed by atoms with van der Waals surface area (Å²) in [6.45, 7) is 0. The van der Waals surface area contributed by atoms with Crippen LogP contribution in [0.5, 0.6) is 0 Å². The monoisotopic (exact) mass is 227 g/mol. The quantitative estimate of drug-likeness (QED) is 0.563. The molecule has 0 radical (unpaired) electrons. The first-order valence-electron chi connectivity index (χ1n) is 6.56. The average molecular weight is 227 g/mol. The molecule has 1 fully saturated rings. The van der Waals surface area contributed by atoms with E-state index >= 15 is 0 Å². The Morgan fingerprint density at radius 1 is 1.12 bits per heavy atom. The average Bonchev–Trinajstić information content (AvgIpc) is 2.33. The van der Waals surface area contributed by atoms with Crippen LogP contribution in [0.25, 0.3) is 0 Å². The van der Waals surface area contributed by atoms with Gasteiger partial charge in [0.15, 0.2) is 0 Å². The molecule has 17 heavy (non-hydrogen) atoms. The lowest BCUT2D eigenvalue weighted by Crippen LogP contribution is -2.33. The van der Waals surface area contributed by atoms with Crippen molar-refractivity contribution >= 4 is 6.08 Å². The van der Waals surface area contributed by atoms with E-state index in [2.05, 4.69) is 23.2 Å². The third kappa shape index (κ3) is 1.64. The lowest BCUT2D eigenvalue weighted by molar-refractivity contribution is 0.253. The van der Waals surface area contributed by atoms with E-state index in [0.29, 0.717) is 0 Å². The number of hydrogen-bond acceptors (Lipinski definition) is 2. The van der Waals surface area contributed by atoms with Crippen LogP contribution in [0.15, 0.2) is 23.2 Å². The van der Waals surface area contributed by atoms with E-state index in [1.807, 2.05) is 0 Å². The highest BCUT2D eigenvalue weighted by atomic mass is 16.1. The lowest BCUT2D eigenvalue weighted by Gasteiger charge is -2.39. The van der Waals surface area contributed by atoms with Gasteiger partial charge in [-0.2, -0.15) is 4.99 Å². The first kappa shape index (κ1) is 10.7. The molecule has 0 spiro atoms. The maximum atomic E-state index is 10.7. The van der Waals surface area contributed by atoms with Gasteiger partial charge >= 0.3 is 0 Å². The Labute approximate surface area is 102 Å². The van der Waals surface area contributed by atoms with E-state index in [1.165, 1.54) is 42.4 Å². The summed E-state index contributed by atoms with van der Waals surface area (Å²) in [5, 5.41) is 0. The zero-order valence-corrected chi connectivity index (χ0v) is 10.0. The summed E-state index contributed by atoms with van der Waals surface area (Å²) >= 11 is 0. The molecule has 88 valence electrons. The predicted molar refractivity (Wildman–Crippen MR) is 66.7 cm³/mol. The van der Waals surface area contributed by atoms with Gasteiger partial charge in [-0.1, -0.05) is 18.2 Å². The highest BCUT2D eigenvalue weighted by molar-refractivity contribution is 5.46. The molecule has 0 unspecified atom stereocenters. The van der Waals surface area contributed by atoms with Crippen LogP contribution in [0.2, 0.25) is 0 Å². The van der Waals surface area contributed by atoms with Crippen molar-refractivity contribution in [1.82, 2.24) is 0 Å². The fourth-order valence-electron chi connectivity index (χ4n) is 3.26. The standard InChI is InChI=1S/C15H17NO/c17-11-16-15(9-4-10-15)14-8-3-6-12-5-1-2-7-13(12)14/h3,6,8H,1-2,4-5,7,9-10H2. The van der Waals surface area contributed by atoms with Gasteiger partial charge in [0.05, 0.1) is 5.54 Å². The highest BCUT2D eigenvalue weighted by Gasteiger charge is 2.40. The van der Waals surface area contributed by atoms with E-state index in [4.69, 9.17) is 0 Å². The number of aliphatic imine (C=N–C) groups is 1. The van der Waals surface area contributed by atoms with Crippen molar-refractivity contribution in [3.63, 3.8) is 0 Å². The van der Waals surface area contributed by atoms with Crippen molar-refractivity contribution in [3.8, 4) is 0 Å². The predicted octanol–water partition coefficient (Wildman–Crippen LogP) is 3.28. The number of hydrogen-bond donors (Lipinski definition) is 0. The second kappa shape index (κ2) is 4.12. The molecule has 1 saturated carbocycles. The molecule has 0 N–H and O–H groups in total. The van der Waals surface area contributed by atoms with Crippen LogP contribution >= 0.6 is 0 Å². The molecule has 1 aromatic carbocycles. The summed E-state index contributed by atoms with van der Waals surface area (Å²) in [5.74, 6) is 0. The zero-order chi connectivity index (χ0) is 11.7. The molecular weight excluding hydrogens is 210 g/mol. The topological polar surface area (TPSA) is 29.4 Å². The summed E-state index contributed by atoms with van der Waals surface area (Å²) in [7, 11) is 0. The van der Waals surface area contributed by atoms with Crippen LogP contribution in [0.1, 0.15) is 48.8 Å². The van der Waals surface area contributed by atoms with Crippen molar-refractivity contribution in [2.45, 2.75) is 50.5 Å². The second-order valence-electron chi connectivity index (χ2n) is 5.24. The molecule has 0 aliphatic heterocycles. The molecule has 2 heteroatoms. The second-order valence-corrected chi connectivity index (χ2v) is 5.24. The Kier molecular flexibility index (Phi) is 2.60. The van der Waals surface area contributed by atoms with Crippen LogP contribution in [0, 0.1) is 0 Å². The van der Waals surface area contributed by atoms with Crippen LogP contribution in [0.4, 0.5) is 0 Å². The van der Waals surface area contributed by atoms with Gasteiger partial charge in [-0.05, 0) is 61.6 Å². The number of carbonyl (C=O) groups excluding carboxylic acids is 1. The Bertz CT molecular complexity index is 482. The van der Waals surface area contributed by atoms with Crippen LogP contribution in [0.3, 0.4) is 0 Å². The van der Waals surface area contributed by atoms with Crippen LogP contribution in [-0.4, -0.2) is 6.08 Å². The molecule has 2 nitrogen and oxygen atoms in total. The van der Waals surface area contributed by atoms with Crippen molar-refractivity contribution in [2.24, 2.45) is 4.99 Å². The summed E-state index contributed by atoms with van der Waals surface area (Å²) < 4.78 is 0. The SMILES string of the molecule is O=C=NC1(c2cccc3c2CCCC3)CCC1. The maximum Gasteiger partial charge on any atom is 0.235 e. The van der Waals surface area contributed by atoms with Gasteiger partial charge in [0.2, 0.25) is 6.08 Å². The number of aryl methyl sites for hydroxylation is 1. The Hall–Kier alpha value is -1.40. The molecular formula is C15H17NO. The fourth-order valence-corrected chi connectivity index (χ4v) is 3.26. The molecule has 0 bridgehead atoms. The zero-order valence-electron chi connectivity index (χ0n) is 10.0. The Morgan fingerprint density at radius 3 is 2.65 bits per heavy atom. The highest BCUT2D eigenvalue weighted by Crippen LogP contribution is 2.47. The van der Waals surface area contributed by atoms with Gasteiger partial charge in [-0.25, -0.2) is 4.79 Å². The molecule has 2 aliphatic rings. The maximum absolute atomic E-state index is 10.7. The minimum Gasteiger partial charge on any atom is -0.211 e. The molecule has 0 aromatic heterocycles. The first-order chi connectivity index (χ1) is 8.36. The minimum absolute atomic E-state index is 0.218. The smallest absolute Gasteiger partial charge is 0.211 e. The third-order valence-electron chi connectivity index (χ3n) is 4.34. The Balaban J connectivity index is 2.10. The molecule has 3 rings (SSSR count). The number of rotatable bonds is 2. The summed E-state index contributed by atoms with van der Waals surface area (Å²) in [5.41, 5.74) is 4.03. The van der Waals surface area contributed by atoms with E-state index in [-0.39, 0.29) is 5.54 Å². The fraction of sp³-hybridized carbons (Fsp3) is 0.533. The van der Waals surface area contributed by atoms with Crippen LogP contribution in [-0.2, 0) is 23.2 Å². The van der Waals surface area contributed by atoms with Gasteiger partial charge < -0.3 is 0 Å². The molecule has 0 heterocycles. The van der Waals surface area contributed by atoms with E-state index in [0.717, 1.165) is 19.3 Å². The van der Waals surface area contributed by atoms with Crippen molar-refractivity contribution in [1.29, 1.82) is 0 Å². The third-order valence-corrected chi connectivity index (χ3v) is 4.34. The summed E-state index contributed by atoms with van der Waals surface area (Å²) in [6, 6.07) is 6.53. The van der Waals surface area contributed by atoms with Crippen molar-refractivity contribution in [2.75, 3.05) is 0 Å².